The smallest absolute Gasteiger partial charge is 0.273 e. The van der Waals surface area contributed by atoms with Crippen molar-refractivity contribution in [3.63, 3.8) is 0 Å². The third-order valence-corrected chi connectivity index (χ3v) is 2.31. The Morgan fingerprint density at radius 1 is 1.60 bits per heavy atom. The average molecular weight is 276 g/mol. The van der Waals surface area contributed by atoms with Gasteiger partial charge in [-0.05, 0) is 22.9 Å². The number of nitrogens with one attached hydrogen (secondary N) is 1. The van der Waals surface area contributed by atoms with Crippen LogP contribution >= 0.6 is 15.9 Å². The molecule has 1 rings (SSSR count). The van der Waals surface area contributed by atoms with Crippen LogP contribution < -0.4 is 11.1 Å². The van der Waals surface area contributed by atoms with Gasteiger partial charge in [0, 0.05) is 7.05 Å². The Morgan fingerprint density at radius 3 is 2.60 bits per heavy atom. The molecule has 0 aliphatic heterocycles. The lowest BCUT2D eigenvalue weighted by molar-refractivity contribution is -0.119. The van der Waals surface area contributed by atoms with Gasteiger partial charge in [-0.3, -0.25) is 9.59 Å². The zero-order chi connectivity index (χ0) is 11.6. The summed E-state index contributed by atoms with van der Waals surface area (Å²) in [7, 11) is 1.57. The number of amides is 2. The highest BCUT2D eigenvalue weighted by Gasteiger charge is 2.20. The molecule has 1 unspecified atom stereocenters. The van der Waals surface area contributed by atoms with Gasteiger partial charge in [0.2, 0.25) is 5.91 Å². The van der Waals surface area contributed by atoms with Crippen molar-refractivity contribution in [1.82, 2.24) is 20.3 Å². The minimum atomic E-state index is -0.737. The van der Waals surface area contributed by atoms with E-state index in [1.54, 1.807) is 7.05 Å². The van der Waals surface area contributed by atoms with Crippen molar-refractivity contribution in [2.45, 2.75) is 13.0 Å². The summed E-state index contributed by atoms with van der Waals surface area (Å²) in [5.41, 5.74) is 5.25. The predicted octanol–water partition coefficient (Wildman–Crippen LogP) is -0.819. The van der Waals surface area contributed by atoms with Crippen LogP contribution in [0.1, 0.15) is 17.4 Å². The minimum Gasteiger partial charge on any atom is -0.368 e. The summed E-state index contributed by atoms with van der Waals surface area (Å²) in [6, 6.07) is -0.737. The van der Waals surface area contributed by atoms with E-state index in [2.05, 4.69) is 31.6 Å². The Balaban J connectivity index is 2.82. The molecule has 1 aromatic rings. The molecule has 15 heavy (non-hydrogen) atoms. The van der Waals surface area contributed by atoms with E-state index in [1.165, 1.54) is 11.6 Å². The highest BCUT2D eigenvalue weighted by molar-refractivity contribution is 9.10. The second-order valence-electron chi connectivity index (χ2n) is 2.95. The van der Waals surface area contributed by atoms with E-state index in [0.717, 1.165) is 0 Å². The fourth-order valence-corrected chi connectivity index (χ4v) is 1.42. The number of nitrogens with zero attached hydrogens (tertiary/aromatic N) is 3. The molecule has 82 valence electrons. The largest absolute Gasteiger partial charge is 0.368 e. The summed E-state index contributed by atoms with van der Waals surface area (Å²) >= 11 is 3.07. The van der Waals surface area contributed by atoms with Gasteiger partial charge in [-0.2, -0.15) is 0 Å². The highest BCUT2D eigenvalue weighted by atomic mass is 79.9. The minimum absolute atomic E-state index is 0.239. The van der Waals surface area contributed by atoms with E-state index in [-0.39, 0.29) is 5.69 Å². The third-order valence-electron chi connectivity index (χ3n) is 1.78. The summed E-state index contributed by atoms with van der Waals surface area (Å²) in [5.74, 6) is -1.06. The van der Waals surface area contributed by atoms with E-state index < -0.39 is 17.9 Å². The lowest BCUT2D eigenvalue weighted by atomic mass is 10.3. The number of aromatic nitrogens is 3. The molecule has 1 heterocycles. The number of hydrogen-bond acceptors (Lipinski definition) is 4. The van der Waals surface area contributed by atoms with Gasteiger partial charge in [0.15, 0.2) is 10.3 Å². The van der Waals surface area contributed by atoms with Gasteiger partial charge in [0.25, 0.3) is 5.91 Å². The molecule has 0 aromatic carbocycles. The summed E-state index contributed by atoms with van der Waals surface area (Å²) in [6.07, 6.45) is 0. The predicted molar refractivity (Wildman–Crippen MR) is 54.8 cm³/mol. The van der Waals surface area contributed by atoms with Crippen LogP contribution in [0.25, 0.3) is 0 Å². The van der Waals surface area contributed by atoms with Crippen LogP contribution in [0.5, 0.6) is 0 Å². The van der Waals surface area contributed by atoms with Crippen LogP contribution in [-0.4, -0.2) is 32.9 Å². The van der Waals surface area contributed by atoms with Crippen LogP contribution in [0.15, 0.2) is 4.60 Å². The van der Waals surface area contributed by atoms with E-state index in [0.29, 0.717) is 4.60 Å². The van der Waals surface area contributed by atoms with Crippen molar-refractivity contribution in [3.8, 4) is 0 Å². The normalized spacial score (nSPS) is 12.2. The van der Waals surface area contributed by atoms with Crippen molar-refractivity contribution < 1.29 is 9.59 Å². The van der Waals surface area contributed by atoms with Gasteiger partial charge in [-0.15, -0.1) is 5.10 Å². The first-order chi connectivity index (χ1) is 6.93. The molecular formula is C7H10BrN5O2. The maximum Gasteiger partial charge on any atom is 0.273 e. The molecule has 0 saturated heterocycles. The van der Waals surface area contributed by atoms with E-state index >= 15 is 0 Å². The van der Waals surface area contributed by atoms with Crippen LogP contribution in [0.2, 0.25) is 0 Å². The summed E-state index contributed by atoms with van der Waals surface area (Å²) < 4.78 is 1.62. The number of hydrogen-bond donors (Lipinski definition) is 2. The summed E-state index contributed by atoms with van der Waals surface area (Å²) in [5, 5.41) is 9.69. The number of primary amides is 1. The van der Waals surface area contributed by atoms with E-state index in [9.17, 15) is 9.59 Å². The second-order valence-corrected chi connectivity index (χ2v) is 3.70. The molecule has 0 radical (unpaired) electrons. The Morgan fingerprint density at radius 2 is 2.20 bits per heavy atom. The van der Waals surface area contributed by atoms with E-state index in [4.69, 9.17) is 5.73 Å². The molecule has 0 bridgehead atoms. The first-order valence-electron chi connectivity index (χ1n) is 4.09. The molecule has 2 amide bonds. The Labute approximate surface area is 94.1 Å². The molecular weight excluding hydrogens is 266 g/mol. The van der Waals surface area contributed by atoms with E-state index in [1.807, 2.05) is 0 Å². The standard InChI is InChI=1S/C7H10BrN5O2/c1-3(6(9)14)10-7(15)4-5(8)11-12-13(4)2/h3H,1-2H3,(H2,9,14)(H,10,15). The summed E-state index contributed by atoms with van der Waals surface area (Å²) in [4.78, 5) is 22.3. The highest BCUT2D eigenvalue weighted by Crippen LogP contribution is 2.11. The second kappa shape index (κ2) is 4.39. The number of aryl methyl sites for hydroxylation is 1. The van der Waals surface area contributed by atoms with Gasteiger partial charge in [-0.25, -0.2) is 4.68 Å². The van der Waals surface area contributed by atoms with Crippen molar-refractivity contribution in [2.24, 2.45) is 12.8 Å². The van der Waals surface area contributed by atoms with Gasteiger partial charge >= 0.3 is 0 Å². The number of carbonyl (C=O) groups is 2. The SMILES string of the molecule is CC(NC(=O)c1c(Br)nnn1C)C(N)=O. The van der Waals surface area contributed by atoms with Crippen molar-refractivity contribution in [2.75, 3.05) is 0 Å². The number of nitrogens with two attached hydrogens (primary N) is 1. The molecule has 0 aliphatic rings. The molecule has 0 aliphatic carbocycles. The topological polar surface area (TPSA) is 103 Å². The lowest BCUT2D eigenvalue weighted by Crippen LogP contribution is -2.42. The van der Waals surface area contributed by atoms with Gasteiger partial charge in [0.05, 0.1) is 0 Å². The van der Waals surface area contributed by atoms with Crippen LogP contribution in [0.4, 0.5) is 0 Å². The number of rotatable bonds is 3. The van der Waals surface area contributed by atoms with Crippen LogP contribution in [0.3, 0.4) is 0 Å². The molecule has 1 aromatic heterocycles. The van der Waals surface area contributed by atoms with Gasteiger partial charge in [-0.1, -0.05) is 5.21 Å². The zero-order valence-corrected chi connectivity index (χ0v) is 9.78. The van der Waals surface area contributed by atoms with Gasteiger partial charge in [0.1, 0.15) is 6.04 Å². The van der Waals surface area contributed by atoms with Crippen LogP contribution in [-0.2, 0) is 11.8 Å². The van der Waals surface area contributed by atoms with Crippen LogP contribution in [0, 0.1) is 0 Å². The molecule has 0 saturated carbocycles. The Kier molecular flexibility index (Phi) is 3.40. The first-order valence-corrected chi connectivity index (χ1v) is 4.88. The van der Waals surface area contributed by atoms with Crippen molar-refractivity contribution in [3.05, 3.63) is 10.3 Å². The average Bonchev–Trinajstić information content (AvgIpc) is 2.45. The molecule has 0 fully saturated rings. The fourth-order valence-electron chi connectivity index (χ4n) is 0.909. The van der Waals surface area contributed by atoms with Crippen molar-refractivity contribution in [1.29, 1.82) is 0 Å². The first kappa shape index (κ1) is 11.6. The number of halogens is 1. The lowest BCUT2D eigenvalue weighted by Gasteiger charge is -2.09. The zero-order valence-electron chi connectivity index (χ0n) is 8.19. The maximum atomic E-state index is 11.6. The van der Waals surface area contributed by atoms with Crippen molar-refractivity contribution >= 4 is 27.7 Å². The van der Waals surface area contributed by atoms with Gasteiger partial charge < -0.3 is 11.1 Å². The molecule has 7 nitrogen and oxygen atoms in total. The number of carbonyl (C=O) groups excluding carboxylic acids is 2. The molecule has 8 heteroatoms. The molecule has 3 N–H and O–H groups in total. The third kappa shape index (κ3) is 2.52. The Hall–Kier alpha value is -1.44. The fraction of sp³-hybridized carbons (Fsp3) is 0.429. The Bertz CT molecular complexity index is 383. The molecule has 0 spiro atoms. The molecule has 1 atom stereocenters. The summed E-state index contributed by atoms with van der Waals surface area (Å²) in [6.45, 7) is 1.50. The quantitative estimate of drug-likeness (QED) is 0.752. The maximum absolute atomic E-state index is 11.6. The monoisotopic (exact) mass is 275 g/mol.